The first kappa shape index (κ1) is 19.4. The average molecular weight is 420 g/mol. The van der Waals surface area contributed by atoms with E-state index in [-0.39, 0.29) is 0 Å². The molecule has 4 rings (SSSR count). The SMILES string of the molecule is CC(C)(O)c1cc(-c2ccc(-c3cccc(C#N)c3)s2)n(-c2ccccc2Cl)n1. The first-order chi connectivity index (χ1) is 13.9. The van der Waals surface area contributed by atoms with Gasteiger partial charge < -0.3 is 5.11 Å². The van der Waals surface area contributed by atoms with Crippen molar-refractivity contribution in [1.82, 2.24) is 9.78 Å². The zero-order chi connectivity index (χ0) is 20.6. The minimum Gasteiger partial charge on any atom is -0.384 e. The summed E-state index contributed by atoms with van der Waals surface area (Å²) in [6, 6.07) is 23.2. The topological polar surface area (TPSA) is 61.8 Å². The Kier molecular flexibility index (Phi) is 5.01. The van der Waals surface area contributed by atoms with Crippen LogP contribution in [0.4, 0.5) is 0 Å². The first-order valence-electron chi connectivity index (χ1n) is 9.05. The van der Waals surface area contributed by atoms with Gasteiger partial charge in [0, 0.05) is 4.88 Å². The van der Waals surface area contributed by atoms with Crippen LogP contribution in [-0.4, -0.2) is 14.9 Å². The summed E-state index contributed by atoms with van der Waals surface area (Å²) in [5.41, 5.74) is 2.70. The second kappa shape index (κ2) is 7.49. The molecule has 0 radical (unpaired) electrons. The number of halogens is 1. The average Bonchev–Trinajstić information content (AvgIpc) is 3.35. The minimum atomic E-state index is -1.08. The Morgan fingerprint density at radius 1 is 1.03 bits per heavy atom. The lowest BCUT2D eigenvalue weighted by molar-refractivity contribution is 0.0734. The quantitative estimate of drug-likeness (QED) is 0.440. The molecular weight excluding hydrogens is 402 g/mol. The maximum absolute atomic E-state index is 10.5. The van der Waals surface area contributed by atoms with E-state index in [9.17, 15) is 5.11 Å². The van der Waals surface area contributed by atoms with Gasteiger partial charge in [-0.2, -0.15) is 10.4 Å². The highest BCUT2D eigenvalue weighted by Gasteiger charge is 2.24. The van der Waals surface area contributed by atoms with Gasteiger partial charge in [-0.15, -0.1) is 11.3 Å². The standard InChI is InChI=1S/C23H18ClN3OS/c1-23(2,28)22-13-19(27(26-22)18-9-4-3-8-17(18)24)21-11-10-20(29-21)16-7-5-6-15(12-16)14-25/h3-13,28H,1-2H3. The zero-order valence-electron chi connectivity index (χ0n) is 15.9. The number of hydrogen-bond donors (Lipinski definition) is 1. The smallest absolute Gasteiger partial charge is 0.103 e. The van der Waals surface area contributed by atoms with Crippen molar-refractivity contribution in [1.29, 1.82) is 5.26 Å². The molecule has 29 heavy (non-hydrogen) atoms. The summed E-state index contributed by atoms with van der Waals surface area (Å²) < 4.78 is 1.77. The van der Waals surface area contributed by atoms with Crippen LogP contribution in [0.15, 0.2) is 66.7 Å². The lowest BCUT2D eigenvalue weighted by Gasteiger charge is -2.13. The van der Waals surface area contributed by atoms with Crippen molar-refractivity contribution in [2.24, 2.45) is 0 Å². The maximum atomic E-state index is 10.5. The molecule has 0 saturated heterocycles. The highest BCUT2D eigenvalue weighted by Crippen LogP contribution is 2.38. The van der Waals surface area contributed by atoms with Crippen LogP contribution in [0.1, 0.15) is 25.1 Å². The predicted molar refractivity (Wildman–Crippen MR) is 117 cm³/mol. The van der Waals surface area contributed by atoms with Crippen molar-refractivity contribution in [3.63, 3.8) is 0 Å². The molecular formula is C23H18ClN3OS. The fourth-order valence-electron chi connectivity index (χ4n) is 3.04. The third-order valence-corrected chi connectivity index (χ3v) is 6.03. The molecule has 0 spiro atoms. The molecule has 0 bridgehead atoms. The van der Waals surface area contributed by atoms with E-state index in [2.05, 4.69) is 11.2 Å². The monoisotopic (exact) mass is 419 g/mol. The van der Waals surface area contributed by atoms with Crippen molar-refractivity contribution in [2.75, 3.05) is 0 Å². The fraction of sp³-hybridized carbons (Fsp3) is 0.130. The maximum Gasteiger partial charge on any atom is 0.103 e. The molecule has 6 heteroatoms. The third-order valence-electron chi connectivity index (χ3n) is 4.55. The van der Waals surface area contributed by atoms with E-state index >= 15 is 0 Å². The molecule has 0 fully saturated rings. The normalized spacial score (nSPS) is 11.4. The van der Waals surface area contributed by atoms with Crippen LogP contribution in [0, 0.1) is 11.3 Å². The van der Waals surface area contributed by atoms with Gasteiger partial charge in [0.05, 0.1) is 38.6 Å². The van der Waals surface area contributed by atoms with Gasteiger partial charge in [-0.1, -0.05) is 35.9 Å². The molecule has 0 aliphatic heterocycles. The summed E-state index contributed by atoms with van der Waals surface area (Å²) >= 11 is 8.03. The van der Waals surface area contributed by atoms with Gasteiger partial charge in [-0.25, -0.2) is 4.68 Å². The van der Waals surface area contributed by atoms with Gasteiger partial charge in [-0.3, -0.25) is 0 Å². The van der Waals surface area contributed by atoms with E-state index < -0.39 is 5.60 Å². The van der Waals surface area contributed by atoms with Crippen LogP contribution in [0.2, 0.25) is 5.02 Å². The molecule has 1 N–H and O–H groups in total. The summed E-state index contributed by atoms with van der Waals surface area (Å²) in [6.45, 7) is 3.42. The Morgan fingerprint density at radius 2 is 1.79 bits per heavy atom. The van der Waals surface area contributed by atoms with Crippen LogP contribution in [-0.2, 0) is 5.60 Å². The molecule has 144 valence electrons. The largest absolute Gasteiger partial charge is 0.384 e. The number of hydrogen-bond acceptors (Lipinski definition) is 4. The number of para-hydroxylation sites is 1. The number of nitriles is 1. The molecule has 0 aliphatic carbocycles. The summed E-state index contributed by atoms with van der Waals surface area (Å²) in [7, 11) is 0. The number of aromatic nitrogens is 2. The second-order valence-corrected chi connectivity index (χ2v) is 8.68. The van der Waals surface area contributed by atoms with E-state index in [0.29, 0.717) is 16.3 Å². The number of rotatable bonds is 4. The summed E-state index contributed by atoms with van der Waals surface area (Å²) in [4.78, 5) is 2.04. The molecule has 4 nitrogen and oxygen atoms in total. The molecule has 2 aromatic carbocycles. The minimum absolute atomic E-state index is 0.564. The summed E-state index contributed by atoms with van der Waals surface area (Å²) in [5.74, 6) is 0. The lowest BCUT2D eigenvalue weighted by Crippen LogP contribution is -2.16. The van der Waals surface area contributed by atoms with Gasteiger partial charge in [0.2, 0.25) is 0 Å². The van der Waals surface area contributed by atoms with Crippen molar-refractivity contribution in [3.05, 3.63) is 83.0 Å². The Hall–Kier alpha value is -2.91. The van der Waals surface area contributed by atoms with E-state index in [1.807, 2.05) is 60.7 Å². The van der Waals surface area contributed by atoms with Crippen LogP contribution in [0.5, 0.6) is 0 Å². The molecule has 0 aliphatic rings. The Balaban J connectivity index is 1.85. The molecule has 2 aromatic heterocycles. The van der Waals surface area contributed by atoms with Crippen molar-refractivity contribution in [2.45, 2.75) is 19.4 Å². The molecule has 0 unspecified atom stereocenters. The lowest BCUT2D eigenvalue weighted by atomic mass is 10.1. The van der Waals surface area contributed by atoms with E-state index in [1.54, 1.807) is 35.9 Å². The van der Waals surface area contributed by atoms with Crippen LogP contribution >= 0.6 is 22.9 Å². The highest BCUT2D eigenvalue weighted by molar-refractivity contribution is 7.18. The van der Waals surface area contributed by atoms with Crippen LogP contribution in [0.25, 0.3) is 26.7 Å². The van der Waals surface area contributed by atoms with Gasteiger partial charge in [0.1, 0.15) is 5.60 Å². The second-order valence-electron chi connectivity index (χ2n) is 7.19. The molecule has 0 saturated carbocycles. The predicted octanol–water partition coefficient (Wildman–Crippen LogP) is 6.02. The van der Waals surface area contributed by atoms with Gasteiger partial charge in [0.25, 0.3) is 0 Å². The third kappa shape index (κ3) is 3.83. The van der Waals surface area contributed by atoms with Gasteiger partial charge in [0.15, 0.2) is 0 Å². The molecule has 4 aromatic rings. The van der Waals surface area contributed by atoms with E-state index in [0.717, 1.165) is 26.7 Å². The van der Waals surface area contributed by atoms with Crippen molar-refractivity contribution in [3.8, 4) is 32.8 Å². The van der Waals surface area contributed by atoms with E-state index in [1.165, 1.54) is 0 Å². The number of nitrogens with zero attached hydrogens (tertiary/aromatic N) is 3. The van der Waals surface area contributed by atoms with Crippen LogP contribution in [0.3, 0.4) is 0 Å². The number of thiophene rings is 1. The molecule has 0 atom stereocenters. The summed E-state index contributed by atoms with van der Waals surface area (Å²) in [6.07, 6.45) is 0. The van der Waals surface area contributed by atoms with Gasteiger partial charge in [-0.05, 0) is 61.9 Å². The molecule has 0 amide bonds. The van der Waals surface area contributed by atoms with Crippen molar-refractivity contribution >= 4 is 22.9 Å². The first-order valence-corrected chi connectivity index (χ1v) is 10.2. The van der Waals surface area contributed by atoms with Gasteiger partial charge >= 0.3 is 0 Å². The van der Waals surface area contributed by atoms with E-state index in [4.69, 9.17) is 16.9 Å². The van der Waals surface area contributed by atoms with Crippen molar-refractivity contribution < 1.29 is 5.11 Å². The Morgan fingerprint density at radius 3 is 2.52 bits per heavy atom. The Labute approximate surface area is 178 Å². The summed E-state index contributed by atoms with van der Waals surface area (Å²) in [5, 5.41) is 24.9. The Bertz CT molecular complexity index is 1230. The number of aliphatic hydroxyl groups is 1. The number of benzene rings is 2. The molecule has 2 heterocycles. The highest BCUT2D eigenvalue weighted by atomic mass is 35.5. The zero-order valence-corrected chi connectivity index (χ0v) is 17.5. The van der Waals surface area contributed by atoms with Crippen LogP contribution < -0.4 is 0 Å². The fourth-order valence-corrected chi connectivity index (χ4v) is 4.26.